The number of alkyl halides is 3. The highest BCUT2D eigenvalue weighted by molar-refractivity contribution is 6.01. The van der Waals surface area contributed by atoms with Crippen LogP contribution in [0.3, 0.4) is 0 Å². The number of nitrogens with zero attached hydrogens (tertiary/aromatic N) is 2. The van der Waals surface area contributed by atoms with Crippen molar-refractivity contribution in [3.8, 4) is 0 Å². The molecular formula is C20H16F3N3O4. The summed E-state index contributed by atoms with van der Waals surface area (Å²) in [6, 6.07) is 11.7. The average Bonchev–Trinajstić information content (AvgIpc) is 2.69. The molecule has 2 aromatic carbocycles. The summed E-state index contributed by atoms with van der Waals surface area (Å²) < 4.78 is 45.3. The van der Waals surface area contributed by atoms with Crippen LogP contribution in [0.2, 0.25) is 0 Å². The van der Waals surface area contributed by atoms with Gasteiger partial charge in [-0.3, -0.25) is 14.2 Å². The summed E-state index contributed by atoms with van der Waals surface area (Å²) >= 11 is 0. The van der Waals surface area contributed by atoms with Gasteiger partial charge in [-0.25, -0.2) is 9.78 Å². The highest BCUT2D eigenvalue weighted by atomic mass is 19.4. The van der Waals surface area contributed by atoms with E-state index < -0.39 is 35.9 Å². The van der Waals surface area contributed by atoms with Gasteiger partial charge in [0.15, 0.2) is 0 Å². The quantitative estimate of drug-likeness (QED) is 0.642. The van der Waals surface area contributed by atoms with Crippen LogP contribution in [0.25, 0.3) is 11.0 Å². The second-order valence-electron chi connectivity index (χ2n) is 6.15. The maximum atomic E-state index is 13.2. The third-order valence-electron chi connectivity index (χ3n) is 4.12. The van der Waals surface area contributed by atoms with Gasteiger partial charge in [-0.1, -0.05) is 24.3 Å². The molecule has 3 rings (SSSR count). The summed E-state index contributed by atoms with van der Waals surface area (Å²) in [5.41, 5.74) is -2.86. The van der Waals surface area contributed by atoms with E-state index in [2.05, 4.69) is 10.3 Å². The fraction of sp³-hybridized carbons (Fsp3) is 0.200. The molecule has 156 valence electrons. The number of ether oxygens (including phenoxy) is 1. The number of hydrogen-bond donors (Lipinski definition) is 1. The van der Waals surface area contributed by atoms with Crippen LogP contribution >= 0.6 is 0 Å². The molecule has 30 heavy (non-hydrogen) atoms. The van der Waals surface area contributed by atoms with E-state index in [-0.39, 0.29) is 28.9 Å². The Bertz CT molecular complexity index is 1170. The van der Waals surface area contributed by atoms with Gasteiger partial charge in [0.25, 0.3) is 5.56 Å². The number of aromatic nitrogens is 2. The van der Waals surface area contributed by atoms with Gasteiger partial charge in [0.1, 0.15) is 6.54 Å². The van der Waals surface area contributed by atoms with Crippen LogP contribution in [0.1, 0.15) is 23.0 Å². The van der Waals surface area contributed by atoms with E-state index in [0.717, 1.165) is 0 Å². The maximum Gasteiger partial charge on any atom is 0.438 e. The standard InChI is InChI=1S/C20H16F3N3O4/c1-2-30-19(29)12-7-3-4-8-13(12)24-16(27)11-26-15-10-6-5-9-14(15)25-17(18(26)28)20(21,22)23/h3-10H,2,11H2,1H3,(H,24,27). The number of halogens is 3. The van der Waals surface area contributed by atoms with Crippen LogP contribution in [0.4, 0.5) is 18.9 Å². The number of anilines is 1. The highest BCUT2D eigenvalue weighted by Gasteiger charge is 2.37. The number of hydrogen-bond acceptors (Lipinski definition) is 5. The van der Waals surface area contributed by atoms with E-state index in [1.807, 2.05) is 0 Å². The van der Waals surface area contributed by atoms with Gasteiger partial charge in [-0.2, -0.15) is 13.2 Å². The van der Waals surface area contributed by atoms with Crippen LogP contribution in [-0.2, 0) is 22.3 Å². The first kappa shape index (κ1) is 21.0. The van der Waals surface area contributed by atoms with Gasteiger partial charge >= 0.3 is 12.1 Å². The topological polar surface area (TPSA) is 90.3 Å². The minimum Gasteiger partial charge on any atom is -0.462 e. The summed E-state index contributed by atoms with van der Waals surface area (Å²) in [5.74, 6) is -1.46. The molecule has 0 bridgehead atoms. The van der Waals surface area contributed by atoms with Crippen LogP contribution in [0.5, 0.6) is 0 Å². The van der Waals surface area contributed by atoms with Crippen molar-refractivity contribution in [3.63, 3.8) is 0 Å². The van der Waals surface area contributed by atoms with Crippen LogP contribution < -0.4 is 10.9 Å². The monoisotopic (exact) mass is 419 g/mol. The fourth-order valence-corrected chi connectivity index (χ4v) is 2.85. The first-order valence-electron chi connectivity index (χ1n) is 8.85. The largest absolute Gasteiger partial charge is 0.462 e. The number of esters is 1. The normalized spacial score (nSPS) is 11.3. The Morgan fingerprint density at radius 1 is 1.10 bits per heavy atom. The van der Waals surface area contributed by atoms with Crippen molar-refractivity contribution in [2.75, 3.05) is 11.9 Å². The van der Waals surface area contributed by atoms with Crippen molar-refractivity contribution in [2.45, 2.75) is 19.6 Å². The van der Waals surface area contributed by atoms with Crippen molar-refractivity contribution in [3.05, 3.63) is 70.1 Å². The Labute approximate surface area is 168 Å². The van der Waals surface area contributed by atoms with E-state index in [0.29, 0.717) is 4.57 Å². The molecule has 0 fully saturated rings. The molecule has 1 aromatic heterocycles. The molecule has 1 N–H and O–H groups in total. The summed E-state index contributed by atoms with van der Waals surface area (Å²) in [5, 5.41) is 2.45. The summed E-state index contributed by atoms with van der Waals surface area (Å²) in [6.07, 6.45) is -4.98. The van der Waals surface area contributed by atoms with E-state index in [1.54, 1.807) is 19.1 Å². The van der Waals surface area contributed by atoms with Crippen molar-refractivity contribution in [1.82, 2.24) is 9.55 Å². The molecule has 0 spiro atoms. The second kappa shape index (κ2) is 8.36. The summed E-state index contributed by atoms with van der Waals surface area (Å²) in [7, 11) is 0. The van der Waals surface area contributed by atoms with Crippen LogP contribution in [0, 0.1) is 0 Å². The minimum absolute atomic E-state index is 0.0735. The Balaban J connectivity index is 1.98. The lowest BCUT2D eigenvalue weighted by atomic mass is 10.2. The SMILES string of the molecule is CCOC(=O)c1ccccc1NC(=O)Cn1c(=O)c(C(F)(F)F)nc2ccccc21. The van der Waals surface area contributed by atoms with E-state index in [9.17, 15) is 27.6 Å². The fourth-order valence-electron chi connectivity index (χ4n) is 2.85. The molecule has 0 aliphatic heterocycles. The number of fused-ring (bicyclic) bond motifs is 1. The Morgan fingerprint density at radius 2 is 1.77 bits per heavy atom. The average molecular weight is 419 g/mol. The third-order valence-corrected chi connectivity index (χ3v) is 4.12. The molecule has 3 aromatic rings. The molecule has 10 heteroatoms. The van der Waals surface area contributed by atoms with Crippen molar-refractivity contribution < 1.29 is 27.5 Å². The van der Waals surface area contributed by atoms with E-state index in [1.165, 1.54) is 36.4 Å². The predicted octanol–water partition coefficient (Wildman–Crippen LogP) is 3.23. The number of nitrogens with one attached hydrogen (secondary N) is 1. The molecule has 0 radical (unpaired) electrons. The first-order valence-corrected chi connectivity index (χ1v) is 8.85. The molecule has 7 nitrogen and oxygen atoms in total. The number of rotatable bonds is 5. The van der Waals surface area contributed by atoms with Gasteiger partial charge in [0, 0.05) is 0 Å². The van der Waals surface area contributed by atoms with Gasteiger partial charge in [0.2, 0.25) is 11.6 Å². The zero-order chi connectivity index (χ0) is 21.9. The van der Waals surface area contributed by atoms with Crippen LogP contribution in [-0.4, -0.2) is 28.0 Å². The maximum absolute atomic E-state index is 13.2. The zero-order valence-corrected chi connectivity index (χ0v) is 15.7. The minimum atomic E-state index is -4.98. The lowest BCUT2D eigenvalue weighted by molar-refractivity contribution is -0.142. The second-order valence-corrected chi connectivity index (χ2v) is 6.15. The van der Waals surface area contributed by atoms with Crippen LogP contribution in [0.15, 0.2) is 53.3 Å². The molecular weight excluding hydrogens is 403 g/mol. The smallest absolute Gasteiger partial charge is 0.438 e. The summed E-state index contributed by atoms with van der Waals surface area (Å²) in [4.78, 5) is 40.4. The molecule has 0 saturated carbocycles. The highest BCUT2D eigenvalue weighted by Crippen LogP contribution is 2.26. The van der Waals surface area contributed by atoms with E-state index in [4.69, 9.17) is 4.74 Å². The zero-order valence-electron chi connectivity index (χ0n) is 15.7. The Hall–Kier alpha value is -3.69. The lowest BCUT2D eigenvalue weighted by Gasteiger charge is -2.14. The predicted molar refractivity (Wildman–Crippen MR) is 102 cm³/mol. The molecule has 1 amide bonds. The van der Waals surface area contributed by atoms with Gasteiger partial charge in [0.05, 0.1) is 28.9 Å². The number of amides is 1. The number of benzene rings is 2. The lowest BCUT2D eigenvalue weighted by Crippen LogP contribution is -2.34. The molecule has 0 atom stereocenters. The molecule has 1 heterocycles. The van der Waals surface area contributed by atoms with Crippen molar-refractivity contribution in [1.29, 1.82) is 0 Å². The number of carbonyl (C=O) groups is 2. The van der Waals surface area contributed by atoms with E-state index >= 15 is 0 Å². The van der Waals surface area contributed by atoms with Gasteiger partial charge in [-0.05, 0) is 31.2 Å². The van der Waals surface area contributed by atoms with Crippen molar-refractivity contribution in [2.24, 2.45) is 0 Å². The third kappa shape index (κ3) is 4.32. The molecule has 0 unspecified atom stereocenters. The molecule has 0 aliphatic rings. The first-order chi connectivity index (χ1) is 14.2. The van der Waals surface area contributed by atoms with Gasteiger partial charge < -0.3 is 10.1 Å². The van der Waals surface area contributed by atoms with Crippen molar-refractivity contribution >= 4 is 28.6 Å². The molecule has 0 aliphatic carbocycles. The number of para-hydroxylation sites is 3. The summed E-state index contributed by atoms with van der Waals surface area (Å²) in [6.45, 7) is 1.04. The number of carbonyl (C=O) groups excluding carboxylic acids is 2. The van der Waals surface area contributed by atoms with Gasteiger partial charge in [-0.15, -0.1) is 0 Å². The Kier molecular flexibility index (Phi) is 5.86. The molecule has 0 saturated heterocycles. The Morgan fingerprint density at radius 3 is 2.47 bits per heavy atom.